The fourth-order valence-electron chi connectivity index (χ4n) is 3.09. The topological polar surface area (TPSA) is 72.5 Å². The number of rotatable bonds is 6. The number of aromatic nitrogens is 1. The van der Waals surface area contributed by atoms with Crippen LogP contribution < -0.4 is 20.1 Å². The molecule has 2 amide bonds. The number of ether oxygens (including phenoxy) is 2. The number of benzene rings is 1. The average molecular weight is 390 g/mol. The summed E-state index contributed by atoms with van der Waals surface area (Å²) in [7, 11) is 1.63. The van der Waals surface area contributed by atoms with Gasteiger partial charge in [0.25, 0.3) is 0 Å². The van der Waals surface area contributed by atoms with Crippen molar-refractivity contribution in [1.82, 2.24) is 15.6 Å². The Kier molecular flexibility index (Phi) is 6.76. The number of hydrogen-bond donors (Lipinski definition) is 2. The molecule has 0 spiro atoms. The smallest absolute Gasteiger partial charge is 0.315 e. The Morgan fingerprint density at radius 1 is 1.15 bits per heavy atom. The summed E-state index contributed by atoms with van der Waals surface area (Å²) in [5.74, 6) is 1.39. The molecule has 0 radical (unpaired) electrons. The first-order chi connectivity index (χ1) is 13.1. The van der Waals surface area contributed by atoms with Crippen LogP contribution in [0.2, 0.25) is 5.02 Å². The second kappa shape index (κ2) is 9.46. The molecule has 1 aromatic heterocycles. The molecule has 1 aliphatic rings. The molecule has 0 aliphatic heterocycles. The average Bonchev–Trinajstić information content (AvgIpc) is 2.70. The van der Waals surface area contributed by atoms with Gasteiger partial charge in [-0.3, -0.25) is 0 Å². The zero-order valence-corrected chi connectivity index (χ0v) is 16.0. The number of urea groups is 1. The summed E-state index contributed by atoms with van der Waals surface area (Å²) in [6.45, 7) is 0.483. The van der Waals surface area contributed by atoms with Crippen LogP contribution in [0.3, 0.4) is 0 Å². The maximum Gasteiger partial charge on any atom is 0.315 e. The Bertz CT molecular complexity index is 729. The number of hydrogen-bond acceptors (Lipinski definition) is 4. The summed E-state index contributed by atoms with van der Waals surface area (Å²) in [5.41, 5.74) is 1.03. The summed E-state index contributed by atoms with van der Waals surface area (Å²) < 4.78 is 11.0. The lowest BCUT2D eigenvalue weighted by Gasteiger charge is -2.29. The minimum absolute atomic E-state index is 0.124. The zero-order chi connectivity index (χ0) is 19.1. The lowest BCUT2D eigenvalue weighted by molar-refractivity contribution is 0.135. The fraction of sp³-hybridized carbons (Fsp3) is 0.400. The molecule has 1 fully saturated rings. The number of carbonyl (C=O) groups excluding carboxylic acids is 1. The molecule has 0 unspecified atom stereocenters. The number of halogens is 1. The van der Waals surface area contributed by atoms with Crippen molar-refractivity contribution in [2.45, 2.75) is 44.4 Å². The fourth-order valence-corrected chi connectivity index (χ4v) is 3.20. The standard InChI is InChI=1S/C20H24ClN3O3/c1-26-17-7-2-14(3-8-17)12-23-20(25)24-16-5-9-18(10-6-16)27-19-11-4-15(21)13-22-19/h2-4,7-8,11,13,16,18H,5-6,9-10,12H2,1H3,(H2,23,24,25). The number of nitrogens with one attached hydrogen (secondary N) is 2. The number of carbonyl (C=O) groups is 1. The summed E-state index contributed by atoms with van der Waals surface area (Å²) in [6, 6.07) is 11.2. The normalized spacial score (nSPS) is 19.2. The van der Waals surface area contributed by atoms with E-state index in [1.165, 1.54) is 0 Å². The van der Waals surface area contributed by atoms with Gasteiger partial charge in [0.2, 0.25) is 5.88 Å². The molecule has 0 bridgehead atoms. The SMILES string of the molecule is COc1ccc(CNC(=O)NC2CCC(Oc3ccc(Cl)cn3)CC2)cc1. The molecular formula is C20H24ClN3O3. The van der Waals surface area contributed by atoms with Gasteiger partial charge in [-0.05, 0) is 49.4 Å². The largest absolute Gasteiger partial charge is 0.497 e. The summed E-state index contributed by atoms with van der Waals surface area (Å²) >= 11 is 5.83. The van der Waals surface area contributed by atoms with Crippen molar-refractivity contribution in [1.29, 1.82) is 0 Å². The maximum atomic E-state index is 12.1. The van der Waals surface area contributed by atoms with Gasteiger partial charge in [0.05, 0.1) is 12.1 Å². The number of amides is 2. The van der Waals surface area contributed by atoms with Crippen LogP contribution in [-0.2, 0) is 6.54 Å². The van der Waals surface area contributed by atoms with Crippen molar-refractivity contribution >= 4 is 17.6 Å². The van der Waals surface area contributed by atoms with E-state index in [1.54, 1.807) is 25.4 Å². The highest BCUT2D eigenvalue weighted by molar-refractivity contribution is 6.30. The maximum absolute atomic E-state index is 12.1. The van der Waals surface area contributed by atoms with Crippen LogP contribution >= 0.6 is 11.6 Å². The molecule has 1 aromatic carbocycles. The monoisotopic (exact) mass is 389 g/mol. The summed E-state index contributed by atoms with van der Waals surface area (Å²) in [5, 5.41) is 6.53. The first-order valence-electron chi connectivity index (χ1n) is 9.08. The van der Waals surface area contributed by atoms with Crippen molar-refractivity contribution in [2.75, 3.05) is 7.11 Å². The Labute approximate surface area is 164 Å². The van der Waals surface area contributed by atoms with Crippen LogP contribution in [0.5, 0.6) is 11.6 Å². The Hall–Kier alpha value is -2.47. The molecule has 0 saturated heterocycles. The molecular weight excluding hydrogens is 366 g/mol. The van der Waals surface area contributed by atoms with E-state index >= 15 is 0 Å². The van der Waals surface area contributed by atoms with Crippen LogP contribution in [0.1, 0.15) is 31.2 Å². The Morgan fingerprint density at radius 3 is 2.52 bits per heavy atom. The van der Waals surface area contributed by atoms with Crippen molar-refractivity contribution in [3.63, 3.8) is 0 Å². The van der Waals surface area contributed by atoms with Gasteiger partial charge in [-0.25, -0.2) is 9.78 Å². The first-order valence-corrected chi connectivity index (χ1v) is 9.45. The Balaban J connectivity index is 1.36. The van der Waals surface area contributed by atoms with Gasteiger partial charge in [0.1, 0.15) is 11.9 Å². The molecule has 7 heteroatoms. The van der Waals surface area contributed by atoms with E-state index in [4.69, 9.17) is 21.1 Å². The number of nitrogens with zero attached hydrogens (tertiary/aromatic N) is 1. The molecule has 1 saturated carbocycles. The van der Waals surface area contributed by atoms with E-state index in [0.29, 0.717) is 17.4 Å². The zero-order valence-electron chi connectivity index (χ0n) is 15.3. The minimum atomic E-state index is -0.144. The van der Waals surface area contributed by atoms with E-state index in [9.17, 15) is 4.79 Å². The third-order valence-electron chi connectivity index (χ3n) is 4.61. The predicted octanol–water partition coefficient (Wildman–Crippen LogP) is 3.93. The van der Waals surface area contributed by atoms with Crippen molar-refractivity contribution in [2.24, 2.45) is 0 Å². The molecule has 1 heterocycles. The van der Waals surface area contributed by atoms with E-state index in [2.05, 4.69) is 15.6 Å². The van der Waals surface area contributed by atoms with Gasteiger partial charge in [0.15, 0.2) is 0 Å². The van der Waals surface area contributed by atoms with Gasteiger partial charge >= 0.3 is 6.03 Å². The van der Waals surface area contributed by atoms with Gasteiger partial charge in [-0.2, -0.15) is 0 Å². The summed E-state index contributed by atoms with van der Waals surface area (Å²) in [4.78, 5) is 16.3. The van der Waals surface area contributed by atoms with Crippen LogP contribution in [0.25, 0.3) is 0 Å². The van der Waals surface area contributed by atoms with Crippen LogP contribution in [-0.4, -0.2) is 30.3 Å². The highest BCUT2D eigenvalue weighted by Gasteiger charge is 2.23. The molecule has 0 atom stereocenters. The first kappa shape index (κ1) is 19.3. The highest BCUT2D eigenvalue weighted by atomic mass is 35.5. The van der Waals surface area contributed by atoms with Gasteiger partial charge in [-0.1, -0.05) is 23.7 Å². The molecule has 3 rings (SSSR count). The van der Waals surface area contributed by atoms with Gasteiger partial charge in [-0.15, -0.1) is 0 Å². The molecule has 144 valence electrons. The second-order valence-corrected chi connectivity index (χ2v) is 7.02. The molecule has 2 aromatic rings. The lowest BCUT2D eigenvalue weighted by atomic mass is 9.93. The third kappa shape index (κ3) is 6.03. The van der Waals surface area contributed by atoms with E-state index in [-0.39, 0.29) is 18.2 Å². The minimum Gasteiger partial charge on any atom is -0.497 e. The number of methoxy groups -OCH3 is 1. The van der Waals surface area contributed by atoms with Crippen LogP contribution in [0.15, 0.2) is 42.6 Å². The van der Waals surface area contributed by atoms with Crippen molar-refractivity contribution in [3.05, 3.63) is 53.2 Å². The second-order valence-electron chi connectivity index (χ2n) is 6.58. The molecule has 1 aliphatic carbocycles. The predicted molar refractivity (Wildman–Crippen MR) is 104 cm³/mol. The Morgan fingerprint density at radius 2 is 1.89 bits per heavy atom. The van der Waals surface area contributed by atoms with Crippen molar-refractivity contribution in [3.8, 4) is 11.6 Å². The highest BCUT2D eigenvalue weighted by Crippen LogP contribution is 2.23. The molecule has 2 N–H and O–H groups in total. The van der Waals surface area contributed by atoms with E-state index in [0.717, 1.165) is 37.0 Å². The van der Waals surface area contributed by atoms with E-state index in [1.807, 2.05) is 24.3 Å². The lowest BCUT2D eigenvalue weighted by Crippen LogP contribution is -2.44. The third-order valence-corrected chi connectivity index (χ3v) is 4.83. The van der Waals surface area contributed by atoms with E-state index < -0.39 is 0 Å². The van der Waals surface area contributed by atoms with Crippen LogP contribution in [0.4, 0.5) is 4.79 Å². The molecule has 6 nitrogen and oxygen atoms in total. The van der Waals surface area contributed by atoms with Gasteiger partial charge < -0.3 is 20.1 Å². The van der Waals surface area contributed by atoms with Crippen LogP contribution in [0, 0.1) is 0 Å². The van der Waals surface area contributed by atoms with Crippen molar-refractivity contribution < 1.29 is 14.3 Å². The quantitative estimate of drug-likeness (QED) is 0.785. The number of pyridine rings is 1. The molecule has 27 heavy (non-hydrogen) atoms. The van der Waals surface area contributed by atoms with Gasteiger partial charge in [0, 0.05) is 24.8 Å². The summed E-state index contributed by atoms with van der Waals surface area (Å²) in [6.07, 6.45) is 5.24.